The Morgan fingerprint density at radius 3 is 2.25 bits per heavy atom. The van der Waals surface area contributed by atoms with Crippen molar-refractivity contribution in [2.24, 2.45) is 0 Å². The molecule has 0 heterocycles. The van der Waals surface area contributed by atoms with E-state index in [0.717, 1.165) is 0 Å². The van der Waals surface area contributed by atoms with Gasteiger partial charge >= 0.3 is 0 Å². The molecule has 10 heteroatoms. The van der Waals surface area contributed by atoms with Gasteiger partial charge in [-0.2, -0.15) is 4.31 Å². The van der Waals surface area contributed by atoms with Gasteiger partial charge < -0.3 is 10.1 Å². The van der Waals surface area contributed by atoms with Gasteiger partial charge in [-0.05, 0) is 36.4 Å². The molecule has 0 aliphatic rings. The van der Waals surface area contributed by atoms with E-state index in [-0.39, 0.29) is 27.6 Å². The van der Waals surface area contributed by atoms with E-state index in [4.69, 9.17) is 4.74 Å². The molecule has 1 N–H and O–H groups in total. The molecule has 0 spiro atoms. The van der Waals surface area contributed by atoms with Gasteiger partial charge in [0.05, 0.1) is 23.0 Å². The van der Waals surface area contributed by atoms with Crippen molar-refractivity contribution >= 4 is 27.3 Å². The van der Waals surface area contributed by atoms with E-state index < -0.39 is 20.9 Å². The quantitative estimate of drug-likeness (QED) is 0.531. The van der Waals surface area contributed by atoms with E-state index in [9.17, 15) is 23.3 Å². The summed E-state index contributed by atoms with van der Waals surface area (Å²) < 4.78 is 31.2. The van der Waals surface area contributed by atoms with E-state index in [1.807, 2.05) is 0 Å². The summed E-state index contributed by atoms with van der Waals surface area (Å²) in [7, 11) is -2.25. The van der Waals surface area contributed by atoms with E-state index in [1.165, 1.54) is 53.9 Å². The van der Waals surface area contributed by atoms with Crippen LogP contribution in [0.3, 0.4) is 0 Å². The van der Waals surface area contributed by atoms with Gasteiger partial charge in [-0.15, -0.1) is 0 Å². The Labute approximate surface area is 163 Å². The third-order valence-corrected chi connectivity index (χ3v) is 6.17. The summed E-state index contributed by atoms with van der Waals surface area (Å²) in [5.41, 5.74) is -0.132. The van der Waals surface area contributed by atoms with Crippen molar-refractivity contribution < 1.29 is 22.9 Å². The van der Waals surface area contributed by atoms with Crippen LogP contribution in [0.5, 0.6) is 5.75 Å². The van der Waals surface area contributed by atoms with Gasteiger partial charge in [0.2, 0.25) is 10.0 Å². The van der Waals surface area contributed by atoms with Crippen molar-refractivity contribution in [2.75, 3.05) is 25.5 Å². The molecule has 2 rings (SSSR count). The van der Waals surface area contributed by atoms with Crippen LogP contribution in [0.4, 0.5) is 11.4 Å². The first-order chi connectivity index (χ1) is 13.2. The maximum absolute atomic E-state index is 12.5. The van der Waals surface area contributed by atoms with Crippen LogP contribution in [0.15, 0.2) is 47.4 Å². The maximum Gasteiger partial charge on any atom is 0.296 e. The molecule has 0 aromatic heterocycles. The minimum atomic E-state index is -3.63. The van der Waals surface area contributed by atoms with Crippen molar-refractivity contribution in [3.05, 3.63) is 58.1 Å². The molecule has 2 aromatic rings. The molecule has 0 bridgehead atoms. The fraction of sp³-hybridized carbons (Fsp3) is 0.278. The number of benzene rings is 2. The summed E-state index contributed by atoms with van der Waals surface area (Å²) in [6.07, 6.45) is 0. The molecule has 150 valence electrons. The Hall–Kier alpha value is -2.98. The molecule has 1 amide bonds. The standard InChI is InChI=1S/C18H21N3O6S/c1-4-20(5-2)28(25,26)15-9-6-13(7-10-15)18(22)19-16-11-8-14(27-3)12-17(16)21(23)24/h6-12H,4-5H2,1-3H3,(H,19,22). The molecule has 0 saturated carbocycles. The van der Waals surface area contributed by atoms with Gasteiger partial charge in [0, 0.05) is 18.7 Å². The highest BCUT2D eigenvalue weighted by Gasteiger charge is 2.22. The topological polar surface area (TPSA) is 119 Å². The summed E-state index contributed by atoms with van der Waals surface area (Å²) in [5.74, 6) is -0.310. The lowest BCUT2D eigenvalue weighted by molar-refractivity contribution is -0.384. The van der Waals surface area contributed by atoms with Crippen LogP contribution in [0.1, 0.15) is 24.2 Å². The monoisotopic (exact) mass is 407 g/mol. The number of nitrogens with zero attached hydrogens (tertiary/aromatic N) is 2. The highest BCUT2D eigenvalue weighted by Crippen LogP contribution is 2.29. The number of nitro groups is 1. The lowest BCUT2D eigenvalue weighted by Crippen LogP contribution is -2.30. The van der Waals surface area contributed by atoms with Crippen molar-refractivity contribution in [1.29, 1.82) is 0 Å². The Kier molecular flexibility index (Phi) is 6.71. The van der Waals surface area contributed by atoms with Gasteiger partial charge in [-0.25, -0.2) is 8.42 Å². The van der Waals surface area contributed by atoms with Gasteiger partial charge in [0.1, 0.15) is 11.4 Å². The zero-order chi connectivity index (χ0) is 20.9. The van der Waals surface area contributed by atoms with E-state index in [2.05, 4.69) is 5.32 Å². The lowest BCUT2D eigenvalue weighted by Gasteiger charge is -2.18. The number of hydrogen-bond acceptors (Lipinski definition) is 6. The van der Waals surface area contributed by atoms with E-state index >= 15 is 0 Å². The minimum absolute atomic E-state index is 0.00985. The van der Waals surface area contributed by atoms with Gasteiger partial charge in [-0.3, -0.25) is 14.9 Å². The second-order valence-electron chi connectivity index (χ2n) is 5.71. The smallest absolute Gasteiger partial charge is 0.296 e. The number of anilines is 1. The SMILES string of the molecule is CCN(CC)S(=O)(=O)c1ccc(C(=O)Nc2ccc(OC)cc2[N+](=O)[O-])cc1. The normalized spacial score (nSPS) is 11.3. The third-order valence-electron chi connectivity index (χ3n) is 4.11. The fourth-order valence-corrected chi connectivity index (χ4v) is 4.04. The first-order valence-corrected chi connectivity index (χ1v) is 9.92. The van der Waals surface area contributed by atoms with Crippen molar-refractivity contribution in [2.45, 2.75) is 18.7 Å². The molecular formula is C18H21N3O6S. The third kappa shape index (κ3) is 4.46. The highest BCUT2D eigenvalue weighted by molar-refractivity contribution is 7.89. The first-order valence-electron chi connectivity index (χ1n) is 8.48. The average Bonchev–Trinajstić information content (AvgIpc) is 2.68. The van der Waals surface area contributed by atoms with Crippen LogP contribution >= 0.6 is 0 Å². The minimum Gasteiger partial charge on any atom is -0.496 e. The van der Waals surface area contributed by atoms with E-state index in [1.54, 1.807) is 13.8 Å². The predicted octanol–water partition coefficient (Wildman–Crippen LogP) is 2.89. The molecule has 28 heavy (non-hydrogen) atoms. The average molecular weight is 407 g/mol. The number of carbonyl (C=O) groups is 1. The summed E-state index contributed by atoms with van der Waals surface area (Å²) >= 11 is 0. The number of amides is 1. The lowest BCUT2D eigenvalue weighted by atomic mass is 10.2. The number of methoxy groups -OCH3 is 1. The van der Waals surface area contributed by atoms with Crippen LogP contribution in [0.25, 0.3) is 0 Å². The number of nitrogens with one attached hydrogen (secondary N) is 1. The predicted molar refractivity (Wildman–Crippen MR) is 104 cm³/mol. The molecule has 0 unspecified atom stereocenters. The molecule has 9 nitrogen and oxygen atoms in total. The molecule has 0 aliphatic carbocycles. The Balaban J connectivity index is 2.26. The summed E-state index contributed by atoms with van der Waals surface area (Å²) in [4.78, 5) is 23.1. The molecule has 0 saturated heterocycles. The van der Waals surface area contributed by atoms with Crippen LogP contribution in [0, 0.1) is 10.1 Å². The number of carbonyl (C=O) groups excluding carboxylic acids is 1. The highest BCUT2D eigenvalue weighted by atomic mass is 32.2. The molecule has 0 atom stereocenters. The summed E-state index contributed by atoms with van der Waals surface area (Å²) in [6.45, 7) is 4.15. The molecule has 0 fully saturated rings. The largest absolute Gasteiger partial charge is 0.496 e. The number of hydrogen-bond donors (Lipinski definition) is 1. The van der Waals surface area contributed by atoms with Crippen LogP contribution in [0.2, 0.25) is 0 Å². The van der Waals surface area contributed by atoms with E-state index in [0.29, 0.717) is 13.1 Å². The molecule has 0 aliphatic heterocycles. The molecular weight excluding hydrogens is 386 g/mol. The van der Waals surface area contributed by atoms with Crippen LogP contribution in [-0.4, -0.2) is 43.8 Å². The van der Waals surface area contributed by atoms with Crippen molar-refractivity contribution in [1.82, 2.24) is 4.31 Å². The summed E-state index contributed by atoms with van der Waals surface area (Å²) in [6, 6.07) is 9.46. The number of ether oxygens (including phenoxy) is 1. The van der Waals surface area contributed by atoms with Crippen molar-refractivity contribution in [3.8, 4) is 5.75 Å². The zero-order valence-corrected chi connectivity index (χ0v) is 16.5. The molecule has 2 aromatic carbocycles. The Bertz CT molecular complexity index is 969. The number of sulfonamides is 1. The van der Waals surface area contributed by atoms with Gasteiger partial charge in [-0.1, -0.05) is 13.8 Å². The maximum atomic E-state index is 12.5. The van der Waals surface area contributed by atoms with Crippen molar-refractivity contribution in [3.63, 3.8) is 0 Å². The second-order valence-corrected chi connectivity index (χ2v) is 7.65. The molecule has 0 radical (unpaired) electrons. The first kappa shape index (κ1) is 21.3. The van der Waals surface area contributed by atoms with Gasteiger partial charge in [0.15, 0.2) is 0 Å². The zero-order valence-electron chi connectivity index (χ0n) is 15.7. The van der Waals surface area contributed by atoms with Gasteiger partial charge in [0.25, 0.3) is 11.6 Å². The Morgan fingerprint density at radius 1 is 1.14 bits per heavy atom. The second kappa shape index (κ2) is 8.81. The fourth-order valence-electron chi connectivity index (χ4n) is 2.58. The van der Waals surface area contributed by atoms with Crippen LogP contribution < -0.4 is 10.1 Å². The van der Waals surface area contributed by atoms with Crippen LogP contribution in [-0.2, 0) is 10.0 Å². The summed E-state index contributed by atoms with van der Waals surface area (Å²) in [5, 5.41) is 13.7. The Morgan fingerprint density at radius 2 is 1.75 bits per heavy atom. The number of nitro benzene ring substituents is 1. The number of rotatable bonds is 8.